The second kappa shape index (κ2) is 8.39. The van der Waals surface area contributed by atoms with E-state index in [0.717, 1.165) is 25.1 Å². The van der Waals surface area contributed by atoms with Gasteiger partial charge in [-0.3, -0.25) is 16.0 Å². The molecule has 1 aromatic heterocycles. The predicted molar refractivity (Wildman–Crippen MR) is 82.3 cm³/mol. The first-order chi connectivity index (χ1) is 9.57. The fraction of sp³-hybridized carbons (Fsp3) is 0.800. The SMILES string of the molecule is CCOC(C(C)C)C(Cc1cc(CC)nn1CC)NN. The molecule has 2 unspecified atom stereocenters. The molecule has 0 saturated carbocycles. The van der Waals surface area contributed by atoms with Crippen LogP contribution in [0.1, 0.15) is 46.0 Å². The number of ether oxygens (including phenoxy) is 1. The van der Waals surface area contributed by atoms with E-state index in [-0.39, 0.29) is 12.1 Å². The Morgan fingerprint density at radius 1 is 1.35 bits per heavy atom. The van der Waals surface area contributed by atoms with Crippen LogP contribution in [-0.2, 0) is 24.1 Å². The zero-order chi connectivity index (χ0) is 15.1. The largest absolute Gasteiger partial charge is 0.377 e. The second-order valence-corrected chi connectivity index (χ2v) is 5.44. The van der Waals surface area contributed by atoms with Crippen LogP contribution in [0.2, 0.25) is 0 Å². The molecule has 3 N–H and O–H groups in total. The number of hydrazine groups is 1. The van der Waals surface area contributed by atoms with Crippen molar-refractivity contribution in [3.8, 4) is 0 Å². The number of aromatic nitrogens is 2. The van der Waals surface area contributed by atoms with E-state index in [1.807, 2.05) is 6.92 Å². The minimum absolute atomic E-state index is 0.0988. The van der Waals surface area contributed by atoms with Crippen LogP contribution in [0.15, 0.2) is 6.07 Å². The van der Waals surface area contributed by atoms with Gasteiger partial charge < -0.3 is 4.74 Å². The molecule has 5 nitrogen and oxygen atoms in total. The molecule has 0 aliphatic rings. The summed E-state index contributed by atoms with van der Waals surface area (Å²) < 4.78 is 7.93. The molecule has 0 radical (unpaired) electrons. The van der Waals surface area contributed by atoms with E-state index < -0.39 is 0 Å². The van der Waals surface area contributed by atoms with Crippen molar-refractivity contribution in [2.75, 3.05) is 6.61 Å². The first-order valence-corrected chi connectivity index (χ1v) is 7.70. The average Bonchev–Trinajstić information content (AvgIpc) is 2.84. The minimum atomic E-state index is 0.0988. The van der Waals surface area contributed by atoms with E-state index in [1.54, 1.807) is 0 Å². The van der Waals surface area contributed by atoms with Crippen LogP contribution in [0, 0.1) is 5.92 Å². The highest BCUT2D eigenvalue weighted by Gasteiger charge is 2.25. The number of nitrogens with one attached hydrogen (secondary N) is 1. The lowest BCUT2D eigenvalue weighted by molar-refractivity contribution is 0.00312. The van der Waals surface area contributed by atoms with Crippen LogP contribution in [-0.4, -0.2) is 28.5 Å². The van der Waals surface area contributed by atoms with Gasteiger partial charge in [0.2, 0.25) is 0 Å². The highest BCUT2D eigenvalue weighted by atomic mass is 16.5. The van der Waals surface area contributed by atoms with Gasteiger partial charge in [-0.05, 0) is 32.3 Å². The van der Waals surface area contributed by atoms with Gasteiger partial charge in [0.15, 0.2) is 0 Å². The van der Waals surface area contributed by atoms with Gasteiger partial charge in [0.1, 0.15) is 0 Å². The number of rotatable bonds is 9. The van der Waals surface area contributed by atoms with Gasteiger partial charge in [0.25, 0.3) is 0 Å². The molecular weight excluding hydrogens is 252 g/mol. The molecule has 0 fully saturated rings. The molecule has 0 aliphatic heterocycles. The Balaban J connectivity index is 2.88. The van der Waals surface area contributed by atoms with Crippen LogP contribution in [0.25, 0.3) is 0 Å². The summed E-state index contributed by atoms with van der Waals surface area (Å²) in [5.41, 5.74) is 5.28. The molecule has 5 heteroatoms. The lowest BCUT2D eigenvalue weighted by Gasteiger charge is -2.29. The second-order valence-electron chi connectivity index (χ2n) is 5.44. The summed E-state index contributed by atoms with van der Waals surface area (Å²) in [5.74, 6) is 6.18. The maximum absolute atomic E-state index is 5.86. The number of hydrogen-bond donors (Lipinski definition) is 2. The Morgan fingerprint density at radius 3 is 2.50 bits per heavy atom. The van der Waals surface area contributed by atoms with Gasteiger partial charge in [-0.2, -0.15) is 5.10 Å². The topological polar surface area (TPSA) is 65.1 Å². The summed E-state index contributed by atoms with van der Waals surface area (Å²) in [6, 6.07) is 2.28. The van der Waals surface area contributed by atoms with Crippen LogP contribution in [0.4, 0.5) is 0 Å². The summed E-state index contributed by atoms with van der Waals surface area (Å²) in [4.78, 5) is 0. The van der Waals surface area contributed by atoms with Crippen molar-refractivity contribution in [1.82, 2.24) is 15.2 Å². The fourth-order valence-corrected chi connectivity index (χ4v) is 2.59. The number of nitrogens with zero attached hydrogens (tertiary/aromatic N) is 2. The van der Waals surface area contributed by atoms with E-state index in [2.05, 4.69) is 49.0 Å². The molecular formula is C15H30N4O. The molecule has 1 heterocycles. The lowest BCUT2D eigenvalue weighted by Crippen LogP contribution is -2.49. The molecule has 0 saturated heterocycles. The maximum atomic E-state index is 5.86. The van der Waals surface area contributed by atoms with Crippen LogP contribution < -0.4 is 11.3 Å². The Morgan fingerprint density at radius 2 is 2.05 bits per heavy atom. The van der Waals surface area contributed by atoms with E-state index in [4.69, 9.17) is 10.6 Å². The van der Waals surface area contributed by atoms with Gasteiger partial charge >= 0.3 is 0 Å². The third kappa shape index (κ3) is 4.30. The highest BCUT2D eigenvalue weighted by molar-refractivity contribution is 5.12. The molecule has 0 amide bonds. The lowest BCUT2D eigenvalue weighted by atomic mass is 9.96. The van der Waals surface area contributed by atoms with Crippen molar-refractivity contribution < 1.29 is 4.74 Å². The van der Waals surface area contributed by atoms with Crippen molar-refractivity contribution in [1.29, 1.82) is 0 Å². The fourth-order valence-electron chi connectivity index (χ4n) is 2.59. The normalized spacial score (nSPS) is 14.8. The van der Waals surface area contributed by atoms with Crippen molar-refractivity contribution in [2.24, 2.45) is 11.8 Å². The minimum Gasteiger partial charge on any atom is -0.377 e. The summed E-state index contributed by atoms with van der Waals surface area (Å²) >= 11 is 0. The molecule has 0 spiro atoms. The molecule has 1 rings (SSSR count). The van der Waals surface area contributed by atoms with Crippen molar-refractivity contribution in [3.63, 3.8) is 0 Å². The summed E-state index contributed by atoms with van der Waals surface area (Å²) in [5, 5.41) is 4.59. The molecule has 116 valence electrons. The molecule has 20 heavy (non-hydrogen) atoms. The molecule has 0 bridgehead atoms. The van der Waals surface area contributed by atoms with Crippen LogP contribution >= 0.6 is 0 Å². The van der Waals surface area contributed by atoms with Gasteiger partial charge in [-0.1, -0.05) is 20.8 Å². The van der Waals surface area contributed by atoms with E-state index in [1.165, 1.54) is 5.69 Å². The standard InChI is InChI=1S/C15H30N4O/c1-6-12-9-13(19(7-2)18-12)10-14(17-16)15(11(4)5)20-8-3/h9,11,14-15,17H,6-8,10,16H2,1-5H3. The van der Waals surface area contributed by atoms with Crippen LogP contribution in [0.3, 0.4) is 0 Å². The van der Waals surface area contributed by atoms with Gasteiger partial charge in [0.05, 0.1) is 17.8 Å². The number of nitrogens with two attached hydrogens (primary N) is 1. The summed E-state index contributed by atoms with van der Waals surface area (Å²) in [6.45, 7) is 12.2. The smallest absolute Gasteiger partial charge is 0.0767 e. The Bertz CT molecular complexity index is 389. The van der Waals surface area contributed by atoms with Crippen LogP contribution in [0.5, 0.6) is 0 Å². The Kier molecular flexibility index (Phi) is 7.19. The molecule has 2 atom stereocenters. The summed E-state index contributed by atoms with van der Waals surface area (Å²) in [6.07, 6.45) is 1.90. The van der Waals surface area contributed by atoms with Gasteiger partial charge in [-0.25, -0.2) is 0 Å². The predicted octanol–water partition coefficient (Wildman–Crippen LogP) is 1.90. The number of aryl methyl sites for hydroxylation is 2. The van der Waals surface area contributed by atoms with E-state index in [0.29, 0.717) is 12.5 Å². The maximum Gasteiger partial charge on any atom is 0.0767 e. The van der Waals surface area contributed by atoms with Gasteiger partial charge in [-0.15, -0.1) is 0 Å². The molecule has 0 aromatic carbocycles. The average molecular weight is 282 g/mol. The monoisotopic (exact) mass is 282 g/mol. The highest BCUT2D eigenvalue weighted by Crippen LogP contribution is 2.16. The zero-order valence-corrected chi connectivity index (χ0v) is 13.5. The Labute approximate surface area is 122 Å². The molecule has 0 aliphatic carbocycles. The van der Waals surface area contributed by atoms with E-state index in [9.17, 15) is 0 Å². The van der Waals surface area contributed by atoms with Crippen molar-refractivity contribution in [3.05, 3.63) is 17.5 Å². The molecule has 1 aromatic rings. The number of hydrogen-bond acceptors (Lipinski definition) is 4. The van der Waals surface area contributed by atoms with Gasteiger partial charge in [0, 0.05) is 25.3 Å². The first kappa shape index (κ1) is 17.1. The Hall–Kier alpha value is -0.910. The quantitative estimate of drug-likeness (QED) is 0.536. The van der Waals surface area contributed by atoms with E-state index >= 15 is 0 Å². The van der Waals surface area contributed by atoms with Crippen molar-refractivity contribution in [2.45, 2.75) is 66.2 Å². The van der Waals surface area contributed by atoms with Crippen molar-refractivity contribution >= 4 is 0 Å². The summed E-state index contributed by atoms with van der Waals surface area (Å²) in [7, 11) is 0. The third-order valence-corrected chi connectivity index (χ3v) is 3.63. The third-order valence-electron chi connectivity index (χ3n) is 3.63. The first-order valence-electron chi connectivity index (χ1n) is 7.70. The zero-order valence-electron chi connectivity index (χ0n) is 13.5.